The van der Waals surface area contributed by atoms with Crippen LogP contribution in [0.25, 0.3) is 10.2 Å². The summed E-state index contributed by atoms with van der Waals surface area (Å²) < 4.78 is 11.3. The van der Waals surface area contributed by atoms with Gasteiger partial charge < -0.3 is 15.2 Å². The van der Waals surface area contributed by atoms with E-state index in [9.17, 15) is 0 Å². The minimum atomic E-state index is -0.130. The van der Waals surface area contributed by atoms with Crippen molar-refractivity contribution in [3.63, 3.8) is 0 Å². The summed E-state index contributed by atoms with van der Waals surface area (Å²) in [6.45, 7) is 4.96. The Morgan fingerprint density at radius 3 is 2.78 bits per heavy atom. The molecular formula is C20H23N3O2S2. The van der Waals surface area contributed by atoms with Gasteiger partial charge in [-0.3, -0.25) is 0 Å². The third-order valence-corrected chi connectivity index (χ3v) is 7.14. The van der Waals surface area contributed by atoms with Crippen LogP contribution >= 0.6 is 23.1 Å². The van der Waals surface area contributed by atoms with Crippen molar-refractivity contribution >= 4 is 39.1 Å². The lowest BCUT2D eigenvalue weighted by molar-refractivity contribution is -0.0542. The van der Waals surface area contributed by atoms with Gasteiger partial charge in [0.25, 0.3) is 0 Å². The number of thioether (sulfide) groups is 1. The molecule has 27 heavy (non-hydrogen) atoms. The molecule has 0 saturated heterocycles. The second-order valence-electron chi connectivity index (χ2n) is 6.98. The molecule has 4 rings (SSSR count). The molecule has 3 heterocycles. The molecule has 5 nitrogen and oxygen atoms in total. The maximum atomic E-state index is 6.35. The summed E-state index contributed by atoms with van der Waals surface area (Å²) in [5.74, 6) is 2.23. The van der Waals surface area contributed by atoms with Gasteiger partial charge >= 0.3 is 0 Å². The minimum absolute atomic E-state index is 0.130. The van der Waals surface area contributed by atoms with Gasteiger partial charge in [0.1, 0.15) is 16.4 Å². The van der Waals surface area contributed by atoms with Crippen LogP contribution in [0, 0.1) is 0 Å². The van der Waals surface area contributed by atoms with Crippen molar-refractivity contribution in [3.05, 3.63) is 40.3 Å². The monoisotopic (exact) mass is 401 g/mol. The van der Waals surface area contributed by atoms with E-state index in [4.69, 9.17) is 20.2 Å². The Balaban J connectivity index is 1.59. The Hall–Kier alpha value is -1.83. The zero-order valence-corrected chi connectivity index (χ0v) is 17.4. The maximum Gasteiger partial charge on any atom is 0.191 e. The molecule has 0 radical (unpaired) electrons. The van der Waals surface area contributed by atoms with Crippen LogP contribution in [-0.4, -0.2) is 22.7 Å². The molecule has 1 aliphatic rings. The summed E-state index contributed by atoms with van der Waals surface area (Å²) in [6.07, 6.45) is 1.84. The number of hydrogen-bond donors (Lipinski definition) is 1. The van der Waals surface area contributed by atoms with Crippen molar-refractivity contribution in [3.8, 4) is 5.75 Å². The van der Waals surface area contributed by atoms with Crippen LogP contribution in [0.4, 0.5) is 5.82 Å². The topological polar surface area (TPSA) is 70.3 Å². The Labute approximate surface area is 167 Å². The summed E-state index contributed by atoms with van der Waals surface area (Å²) in [5, 5.41) is 1.74. The van der Waals surface area contributed by atoms with E-state index < -0.39 is 0 Å². The highest BCUT2D eigenvalue weighted by Crippen LogP contribution is 2.41. The molecule has 0 aliphatic carbocycles. The zero-order chi connectivity index (χ0) is 19.0. The Bertz CT molecular complexity index is 972. The molecule has 0 spiro atoms. The van der Waals surface area contributed by atoms with Crippen LogP contribution in [0.1, 0.15) is 36.3 Å². The van der Waals surface area contributed by atoms with E-state index in [1.54, 1.807) is 30.2 Å². The van der Waals surface area contributed by atoms with Gasteiger partial charge in [-0.2, -0.15) is 0 Å². The average molecular weight is 402 g/mol. The molecule has 1 aromatic carbocycles. The van der Waals surface area contributed by atoms with E-state index in [0.29, 0.717) is 17.6 Å². The van der Waals surface area contributed by atoms with Crippen LogP contribution in [0.3, 0.4) is 0 Å². The highest BCUT2D eigenvalue weighted by atomic mass is 32.2. The third-order valence-electron chi connectivity index (χ3n) is 5.12. The molecule has 0 saturated carbocycles. The van der Waals surface area contributed by atoms with Gasteiger partial charge in [0.15, 0.2) is 5.16 Å². The highest BCUT2D eigenvalue weighted by Gasteiger charge is 2.32. The molecular weight excluding hydrogens is 378 g/mol. The largest absolute Gasteiger partial charge is 0.497 e. The van der Waals surface area contributed by atoms with Crippen molar-refractivity contribution in [2.45, 2.75) is 49.8 Å². The molecule has 7 heteroatoms. The molecule has 0 fully saturated rings. The number of nitrogen functional groups attached to an aromatic ring is 1. The first kappa shape index (κ1) is 18.5. The third kappa shape index (κ3) is 3.63. The van der Waals surface area contributed by atoms with Crippen LogP contribution in [0.15, 0.2) is 29.4 Å². The summed E-state index contributed by atoms with van der Waals surface area (Å²) >= 11 is 3.28. The normalized spacial score (nSPS) is 19.2. The molecule has 2 aromatic heterocycles. The first-order valence-corrected chi connectivity index (χ1v) is 10.8. The van der Waals surface area contributed by atoms with Crippen LogP contribution in [0.5, 0.6) is 5.75 Å². The number of nitrogens with zero attached hydrogens (tertiary/aromatic N) is 2. The lowest BCUT2D eigenvalue weighted by Crippen LogP contribution is -2.33. The number of thiophene rings is 1. The van der Waals surface area contributed by atoms with E-state index in [1.165, 1.54) is 16.0 Å². The number of hydrogen-bond acceptors (Lipinski definition) is 7. The van der Waals surface area contributed by atoms with Crippen molar-refractivity contribution in [2.75, 3.05) is 12.8 Å². The van der Waals surface area contributed by atoms with Crippen molar-refractivity contribution in [1.82, 2.24) is 9.97 Å². The molecule has 1 aliphatic heterocycles. The highest BCUT2D eigenvalue weighted by molar-refractivity contribution is 7.98. The molecule has 1 atom stereocenters. The van der Waals surface area contributed by atoms with Crippen molar-refractivity contribution in [1.29, 1.82) is 0 Å². The molecule has 0 bridgehead atoms. The number of benzene rings is 1. The molecule has 1 unspecified atom stereocenters. The molecule has 3 aromatic rings. The van der Waals surface area contributed by atoms with E-state index in [2.05, 4.69) is 31.0 Å². The van der Waals surface area contributed by atoms with E-state index in [1.807, 2.05) is 12.1 Å². The first-order valence-electron chi connectivity index (χ1n) is 8.99. The van der Waals surface area contributed by atoms with Crippen LogP contribution in [0.2, 0.25) is 0 Å². The fraction of sp³-hybridized carbons (Fsp3) is 0.400. The lowest BCUT2D eigenvalue weighted by atomic mass is 9.90. The smallest absolute Gasteiger partial charge is 0.191 e. The van der Waals surface area contributed by atoms with Gasteiger partial charge in [0, 0.05) is 17.1 Å². The summed E-state index contributed by atoms with van der Waals surface area (Å²) in [7, 11) is 1.67. The zero-order valence-electron chi connectivity index (χ0n) is 15.7. The fourth-order valence-electron chi connectivity index (χ4n) is 3.24. The van der Waals surface area contributed by atoms with Gasteiger partial charge in [-0.25, -0.2) is 9.97 Å². The number of nitrogens with two attached hydrogens (primary N) is 1. The van der Waals surface area contributed by atoms with Gasteiger partial charge in [-0.1, -0.05) is 30.8 Å². The lowest BCUT2D eigenvalue weighted by Gasteiger charge is -2.33. The van der Waals surface area contributed by atoms with Gasteiger partial charge in [0.2, 0.25) is 0 Å². The number of methoxy groups -OCH3 is 1. The average Bonchev–Trinajstić information content (AvgIpc) is 3.04. The van der Waals surface area contributed by atoms with Gasteiger partial charge in [-0.05, 0) is 36.6 Å². The Morgan fingerprint density at radius 2 is 2.07 bits per heavy atom. The fourth-order valence-corrected chi connectivity index (χ4v) is 5.22. The number of fused-ring (bicyclic) bond motifs is 3. The summed E-state index contributed by atoms with van der Waals surface area (Å²) in [4.78, 5) is 11.5. The first-order chi connectivity index (χ1) is 13.0. The predicted molar refractivity (Wildman–Crippen MR) is 112 cm³/mol. The summed E-state index contributed by atoms with van der Waals surface area (Å²) in [6, 6.07) is 8.04. The second kappa shape index (κ2) is 7.30. The van der Waals surface area contributed by atoms with E-state index >= 15 is 0 Å². The van der Waals surface area contributed by atoms with Gasteiger partial charge in [0.05, 0.1) is 24.7 Å². The Kier molecular flexibility index (Phi) is 5.01. The molecule has 142 valence electrons. The molecule has 0 amide bonds. The SMILES string of the molecule is CCC1(C)Cc2c(sc3nc(SCc4ccc(OC)cc4)nc(N)c23)CO1. The second-order valence-corrected chi connectivity index (χ2v) is 9.01. The van der Waals surface area contributed by atoms with Crippen molar-refractivity contribution in [2.24, 2.45) is 0 Å². The number of rotatable bonds is 5. The maximum absolute atomic E-state index is 6.35. The Morgan fingerprint density at radius 1 is 1.30 bits per heavy atom. The quantitative estimate of drug-likeness (QED) is 0.488. The molecule has 2 N–H and O–H groups in total. The summed E-state index contributed by atoms with van der Waals surface area (Å²) in [5.41, 5.74) is 8.69. The van der Waals surface area contributed by atoms with Gasteiger partial charge in [-0.15, -0.1) is 11.3 Å². The predicted octanol–water partition coefficient (Wildman–Crippen LogP) is 4.82. The van der Waals surface area contributed by atoms with E-state index in [0.717, 1.165) is 34.6 Å². The van der Waals surface area contributed by atoms with Crippen LogP contribution < -0.4 is 10.5 Å². The van der Waals surface area contributed by atoms with Crippen molar-refractivity contribution < 1.29 is 9.47 Å². The van der Waals surface area contributed by atoms with E-state index in [-0.39, 0.29) is 5.60 Å². The minimum Gasteiger partial charge on any atom is -0.497 e. The number of ether oxygens (including phenoxy) is 2. The number of aromatic nitrogens is 2. The number of anilines is 1. The standard InChI is InChI=1S/C20H23N3O2S2/c1-4-20(2)9-14-15(10-25-20)27-18-16(14)17(21)22-19(23-18)26-11-12-5-7-13(24-3)8-6-12/h5-8H,4,9-11H2,1-3H3,(H2,21,22,23). The van der Waals surface area contributed by atoms with Crippen LogP contribution in [-0.2, 0) is 23.5 Å².